The summed E-state index contributed by atoms with van der Waals surface area (Å²) >= 11 is 17.7. The average molecular weight is 452 g/mol. The van der Waals surface area contributed by atoms with Gasteiger partial charge in [-0.05, 0) is 24.6 Å². The van der Waals surface area contributed by atoms with Crippen LogP contribution >= 0.6 is 33.2 Å². The van der Waals surface area contributed by atoms with Gasteiger partial charge >= 0.3 is 6.00 Å². The monoisotopic (exact) mass is 450 g/mol. The van der Waals surface area contributed by atoms with Crippen molar-refractivity contribution in [1.82, 2.24) is 0 Å². The quantitative estimate of drug-likeness (QED) is 0.123. The Hall–Kier alpha value is 0.107. The normalized spacial score (nSPS) is 11.7. The van der Waals surface area contributed by atoms with Crippen molar-refractivity contribution in [2.45, 2.75) is 95.9 Å². The van der Waals surface area contributed by atoms with Crippen molar-refractivity contribution in [1.29, 1.82) is 0 Å². The molecule has 1 aromatic carbocycles. The Labute approximate surface area is 182 Å². The summed E-state index contributed by atoms with van der Waals surface area (Å²) in [5.74, 6) is 0.988. The highest BCUT2D eigenvalue weighted by Crippen LogP contribution is 2.27. The molecule has 0 fully saturated rings. The number of hydrogen-bond donors (Lipinski definition) is 0. The summed E-state index contributed by atoms with van der Waals surface area (Å²) in [7, 11) is 0. The van der Waals surface area contributed by atoms with Crippen LogP contribution in [-0.2, 0) is 0 Å². The van der Waals surface area contributed by atoms with E-state index in [4.69, 9.17) is 38.0 Å². The van der Waals surface area contributed by atoms with E-state index in [1.54, 1.807) is 0 Å². The maximum atomic E-state index is 5.89. The Morgan fingerprint density at radius 3 is 1.41 bits per heavy atom. The molecule has 0 spiro atoms. The largest absolute Gasteiger partial charge is 0.494 e. The van der Waals surface area contributed by atoms with Gasteiger partial charge in [0.25, 0.3) is 0 Å². The molecule has 0 saturated heterocycles. The van der Waals surface area contributed by atoms with E-state index in [9.17, 15) is 0 Å². The van der Waals surface area contributed by atoms with Crippen molar-refractivity contribution in [3.8, 4) is 5.75 Å². The fourth-order valence-electron chi connectivity index (χ4n) is 3.26. The van der Waals surface area contributed by atoms with Crippen molar-refractivity contribution >= 4 is 39.2 Å². The van der Waals surface area contributed by atoms with Crippen LogP contribution in [0.2, 0.25) is 6.04 Å². The molecule has 1 nitrogen and oxygen atoms in total. The SMILES string of the molecule is Cl[Si](Cl)(Cl)CCCCCCCCCCCCCCCCOc1ccccc1. The summed E-state index contributed by atoms with van der Waals surface area (Å²) in [5.41, 5.74) is 0. The van der Waals surface area contributed by atoms with E-state index < -0.39 is 6.00 Å². The van der Waals surface area contributed by atoms with E-state index in [1.165, 1.54) is 83.5 Å². The standard InChI is InChI=1S/C22H37Cl3OSi/c23-27(24,25)21-17-12-10-8-6-4-2-1-3-5-7-9-11-16-20-26-22-18-14-13-15-19-22/h13-15,18-19H,1-12,16-17,20-21H2. The Balaban J connectivity index is 1.71. The summed E-state index contributed by atoms with van der Waals surface area (Å²) in [6.07, 6.45) is 18.4. The van der Waals surface area contributed by atoms with Crippen molar-refractivity contribution in [3.05, 3.63) is 30.3 Å². The third-order valence-electron chi connectivity index (χ3n) is 4.87. The Kier molecular flexibility index (Phi) is 15.8. The Morgan fingerprint density at radius 2 is 0.963 bits per heavy atom. The van der Waals surface area contributed by atoms with Gasteiger partial charge in [-0.15, -0.1) is 33.2 Å². The minimum atomic E-state index is -2.37. The van der Waals surface area contributed by atoms with Gasteiger partial charge in [0.2, 0.25) is 0 Å². The molecule has 0 aliphatic heterocycles. The van der Waals surface area contributed by atoms with Gasteiger partial charge < -0.3 is 4.74 Å². The summed E-state index contributed by atoms with van der Waals surface area (Å²) < 4.78 is 5.72. The van der Waals surface area contributed by atoms with E-state index in [0.29, 0.717) is 0 Å². The molecule has 0 bridgehead atoms. The van der Waals surface area contributed by atoms with Crippen LogP contribution in [0.3, 0.4) is 0 Å². The molecule has 0 N–H and O–H groups in total. The van der Waals surface area contributed by atoms with Crippen molar-refractivity contribution < 1.29 is 4.74 Å². The number of halogens is 3. The first-order valence-corrected chi connectivity index (χ1v) is 16.1. The molecule has 0 heterocycles. The molecule has 5 heteroatoms. The van der Waals surface area contributed by atoms with Gasteiger partial charge in [-0.1, -0.05) is 102 Å². The summed E-state index contributed by atoms with van der Waals surface area (Å²) in [4.78, 5) is 0. The molecule has 0 radical (unpaired) electrons. The van der Waals surface area contributed by atoms with Gasteiger partial charge in [0.15, 0.2) is 0 Å². The van der Waals surface area contributed by atoms with E-state index in [0.717, 1.165) is 24.8 Å². The molecule has 0 saturated carbocycles. The van der Waals surface area contributed by atoms with Crippen LogP contribution in [-0.4, -0.2) is 12.6 Å². The van der Waals surface area contributed by atoms with Gasteiger partial charge in [-0.25, -0.2) is 0 Å². The molecular formula is C22H37Cl3OSi. The first-order valence-electron chi connectivity index (χ1n) is 10.8. The first-order chi connectivity index (χ1) is 13.1. The lowest BCUT2D eigenvalue weighted by molar-refractivity contribution is 0.304. The number of unbranched alkanes of at least 4 members (excludes halogenated alkanes) is 13. The Bertz CT molecular complexity index is 437. The van der Waals surface area contributed by atoms with Gasteiger partial charge in [-0.3, -0.25) is 0 Å². The van der Waals surface area contributed by atoms with Crippen LogP contribution in [0, 0.1) is 0 Å². The van der Waals surface area contributed by atoms with Crippen LogP contribution in [0.15, 0.2) is 30.3 Å². The highest BCUT2D eigenvalue weighted by molar-refractivity contribution is 7.64. The van der Waals surface area contributed by atoms with Crippen molar-refractivity contribution in [3.63, 3.8) is 0 Å². The van der Waals surface area contributed by atoms with Gasteiger partial charge in [0.1, 0.15) is 5.75 Å². The Morgan fingerprint density at radius 1 is 0.556 bits per heavy atom. The molecule has 1 aromatic rings. The van der Waals surface area contributed by atoms with E-state index >= 15 is 0 Å². The third kappa shape index (κ3) is 17.9. The fraction of sp³-hybridized carbons (Fsp3) is 0.727. The summed E-state index contributed by atoms with van der Waals surface area (Å²) in [6, 6.07) is 8.55. The predicted molar refractivity (Wildman–Crippen MR) is 125 cm³/mol. The fourth-order valence-corrected chi connectivity index (χ4v) is 5.11. The number of hydrogen-bond acceptors (Lipinski definition) is 1. The smallest absolute Gasteiger partial charge is 0.341 e. The second-order valence-electron chi connectivity index (χ2n) is 7.48. The second kappa shape index (κ2) is 17.0. The zero-order valence-electron chi connectivity index (χ0n) is 16.7. The molecule has 156 valence electrons. The number of ether oxygens (including phenoxy) is 1. The summed E-state index contributed by atoms with van der Waals surface area (Å²) in [5, 5.41) is 0. The predicted octanol–water partition coefficient (Wildman–Crippen LogP) is 9.18. The topological polar surface area (TPSA) is 9.23 Å². The van der Waals surface area contributed by atoms with Gasteiger partial charge in [0, 0.05) is 0 Å². The van der Waals surface area contributed by atoms with E-state index in [2.05, 4.69) is 0 Å². The molecule has 0 amide bonds. The molecule has 27 heavy (non-hydrogen) atoms. The second-order valence-corrected chi connectivity index (χ2v) is 16.8. The lowest BCUT2D eigenvalue weighted by Gasteiger charge is -2.07. The maximum Gasteiger partial charge on any atom is 0.341 e. The molecule has 0 aliphatic rings. The lowest BCUT2D eigenvalue weighted by atomic mass is 10.0. The van der Waals surface area contributed by atoms with Crippen LogP contribution in [0.5, 0.6) is 5.75 Å². The summed E-state index contributed by atoms with van der Waals surface area (Å²) in [6.45, 7) is 0.844. The van der Waals surface area contributed by atoms with Gasteiger partial charge in [-0.2, -0.15) is 0 Å². The first kappa shape index (κ1) is 25.1. The number of rotatable bonds is 18. The lowest BCUT2D eigenvalue weighted by Crippen LogP contribution is -2.07. The molecule has 0 aromatic heterocycles. The van der Waals surface area contributed by atoms with E-state index in [-0.39, 0.29) is 0 Å². The third-order valence-corrected chi connectivity index (χ3v) is 7.49. The minimum Gasteiger partial charge on any atom is -0.494 e. The maximum absolute atomic E-state index is 5.89. The number of para-hydroxylation sites is 1. The minimum absolute atomic E-state index is 0.817. The number of benzene rings is 1. The van der Waals surface area contributed by atoms with E-state index in [1.807, 2.05) is 30.3 Å². The van der Waals surface area contributed by atoms with Crippen molar-refractivity contribution in [2.24, 2.45) is 0 Å². The average Bonchev–Trinajstić information content (AvgIpc) is 2.64. The molecule has 0 aliphatic carbocycles. The van der Waals surface area contributed by atoms with Crippen LogP contribution in [0.25, 0.3) is 0 Å². The highest BCUT2D eigenvalue weighted by Gasteiger charge is 2.23. The molecule has 1 rings (SSSR count). The van der Waals surface area contributed by atoms with Crippen LogP contribution in [0.4, 0.5) is 0 Å². The van der Waals surface area contributed by atoms with Crippen LogP contribution < -0.4 is 4.74 Å². The van der Waals surface area contributed by atoms with Crippen molar-refractivity contribution in [2.75, 3.05) is 6.61 Å². The molecule has 0 atom stereocenters. The zero-order valence-corrected chi connectivity index (χ0v) is 20.0. The molecular weight excluding hydrogens is 415 g/mol. The van der Waals surface area contributed by atoms with Crippen LogP contribution in [0.1, 0.15) is 89.9 Å². The van der Waals surface area contributed by atoms with Gasteiger partial charge in [0.05, 0.1) is 6.61 Å². The zero-order chi connectivity index (χ0) is 19.6. The molecule has 0 unspecified atom stereocenters. The highest BCUT2D eigenvalue weighted by atomic mass is 35.8.